The fourth-order valence-electron chi connectivity index (χ4n) is 1.42. The van der Waals surface area contributed by atoms with E-state index in [0.717, 1.165) is 19.6 Å². The van der Waals surface area contributed by atoms with Crippen LogP contribution in [0.15, 0.2) is 5.10 Å². The number of nitrogens with zero attached hydrogens (tertiary/aromatic N) is 3. The van der Waals surface area contributed by atoms with Crippen molar-refractivity contribution in [1.29, 1.82) is 0 Å². The van der Waals surface area contributed by atoms with E-state index in [0.29, 0.717) is 5.84 Å². The fourth-order valence-corrected chi connectivity index (χ4v) is 1.42. The second-order valence-corrected chi connectivity index (χ2v) is 3.31. The highest BCUT2D eigenvalue weighted by atomic mass is 15.3. The quantitative estimate of drug-likeness (QED) is 0.217. The Bertz CT molecular complexity index is 179. The highest BCUT2D eigenvalue weighted by Crippen LogP contribution is 2.05. The predicted molar refractivity (Wildman–Crippen MR) is 49.7 cm³/mol. The minimum Gasteiger partial charge on any atom is -0.384 e. The SMILES string of the molecule is CN1CCN(C)C(/C(N)=N/N)C1. The Morgan fingerprint density at radius 2 is 2.08 bits per heavy atom. The van der Waals surface area contributed by atoms with Gasteiger partial charge in [-0.1, -0.05) is 0 Å². The average Bonchev–Trinajstić information content (AvgIpc) is 2.08. The van der Waals surface area contributed by atoms with Crippen LogP contribution in [0.25, 0.3) is 0 Å². The number of amidine groups is 1. The zero-order chi connectivity index (χ0) is 9.14. The lowest BCUT2D eigenvalue weighted by Gasteiger charge is -2.36. The van der Waals surface area contributed by atoms with Gasteiger partial charge in [-0.2, -0.15) is 5.10 Å². The second-order valence-electron chi connectivity index (χ2n) is 3.31. The molecule has 1 fully saturated rings. The van der Waals surface area contributed by atoms with Crippen molar-refractivity contribution in [2.75, 3.05) is 33.7 Å². The molecule has 0 radical (unpaired) electrons. The Labute approximate surface area is 73.0 Å². The minimum absolute atomic E-state index is 0.175. The van der Waals surface area contributed by atoms with Crippen LogP contribution in [0.3, 0.4) is 0 Å². The van der Waals surface area contributed by atoms with Gasteiger partial charge < -0.3 is 16.5 Å². The standard InChI is InChI=1S/C7H17N5/c1-11-3-4-12(2)6(5-11)7(8)10-9/h6H,3-5,9H2,1-2H3,(H2,8,10). The third-order valence-electron chi connectivity index (χ3n) is 2.34. The molecular weight excluding hydrogens is 154 g/mol. The van der Waals surface area contributed by atoms with Crippen LogP contribution < -0.4 is 11.6 Å². The molecule has 1 aliphatic heterocycles. The summed E-state index contributed by atoms with van der Waals surface area (Å²) in [4.78, 5) is 4.40. The zero-order valence-electron chi connectivity index (χ0n) is 7.70. The summed E-state index contributed by atoms with van der Waals surface area (Å²) in [5.41, 5.74) is 5.66. The van der Waals surface area contributed by atoms with Crippen molar-refractivity contribution < 1.29 is 0 Å². The summed E-state index contributed by atoms with van der Waals surface area (Å²) in [6.45, 7) is 2.99. The molecule has 12 heavy (non-hydrogen) atoms. The molecule has 0 aromatic heterocycles. The summed E-state index contributed by atoms with van der Waals surface area (Å²) >= 11 is 0. The van der Waals surface area contributed by atoms with Gasteiger partial charge in [0.15, 0.2) is 0 Å². The third kappa shape index (κ3) is 1.86. The molecule has 1 atom stereocenters. The lowest BCUT2D eigenvalue weighted by Crippen LogP contribution is -2.55. The van der Waals surface area contributed by atoms with E-state index in [1.54, 1.807) is 0 Å². The van der Waals surface area contributed by atoms with Crippen LogP contribution in [0, 0.1) is 0 Å². The Kier molecular flexibility index (Phi) is 2.88. The van der Waals surface area contributed by atoms with Gasteiger partial charge in [0, 0.05) is 19.6 Å². The van der Waals surface area contributed by atoms with E-state index in [1.807, 2.05) is 7.05 Å². The molecule has 4 N–H and O–H groups in total. The molecule has 0 bridgehead atoms. The molecule has 1 rings (SSSR count). The molecule has 1 aliphatic rings. The molecular formula is C7H17N5. The molecule has 1 unspecified atom stereocenters. The number of hydrogen-bond acceptors (Lipinski definition) is 4. The van der Waals surface area contributed by atoms with E-state index in [1.165, 1.54) is 0 Å². The first kappa shape index (κ1) is 9.28. The maximum Gasteiger partial charge on any atom is 0.138 e. The van der Waals surface area contributed by atoms with Crippen molar-refractivity contribution in [3.63, 3.8) is 0 Å². The first-order valence-corrected chi connectivity index (χ1v) is 4.07. The van der Waals surface area contributed by atoms with Crippen LogP contribution in [-0.4, -0.2) is 55.4 Å². The molecule has 1 saturated heterocycles. The molecule has 5 nitrogen and oxygen atoms in total. The van der Waals surface area contributed by atoms with E-state index in [4.69, 9.17) is 11.6 Å². The lowest BCUT2D eigenvalue weighted by atomic mass is 10.2. The Hall–Kier alpha value is -0.810. The van der Waals surface area contributed by atoms with Gasteiger partial charge in [-0.15, -0.1) is 0 Å². The molecule has 1 heterocycles. The molecule has 0 spiro atoms. The predicted octanol–water partition coefficient (Wildman–Crippen LogP) is -1.54. The van der Waals surface area contributed by atoms with Gasteiger partial charge in [0.25, 0.3) is 0 Å². The molecule has 0 aromatic rings. The number of piperazine rings is 1. The lowest BCUT2D eigenvalue weighted by molar-refractivity contribution is 0.150. The summed E-state index contributed by atoms with van der Waals surface area (Å²) in [6.07, 6.45) is 0. The molecule has 0 aromatic carbocycles. The highest BCUT2D eigenvalue weighted by molar-refractivity contribution is 5.85. The van der Waals surface area contributed by atoms with Crippen LogP contribution in [0.2, 0.25) is 0 Å². The van der Waals surface area contributed by atoms with Crippen molar-refractivity contribution in [2.24, 2.45) is 16.7 Å². The van der Waals surface area contributed by atoms with Crippen LogP contribution in [0.5, 0.6) is 0 Å². The van der Waals surface area contributed by atoms with Gasteiger partial charge in [-0.05, 0) is 14.1 Å². The van der Waals surface area contributed by atoms with Gasteiger partial charge in [0.2, 0.25) is 0 Å². The van der Waals surface area contributed by atoms with Gasteiger partial charge in [-0.3, -0.25) is 4.90 Å². The summed E-state index contributed by atoms with van der Waals surface area (Å²) < 4.78 is 0. The smallest absolute Gasteiger partial charge is 0.138 e. The minimum atomic E-state index is 0.175. The third-order valence-corrected chi connectivity index (χ3v) is 2.34. The monoisotopic (exact) mass is 171 g/mol. The fraction of sp³-hybridized carbons (Fsp3) is 0.857. The average molecular weight is 171 g/mol. The maximum absolute atomic E-state index is 5.66. The number of hydrogen-bond donors (Lipinski definition) is 2. The summed E-state index contributed by atoms with van der Waals surface area (Å²) in [5.74, 6) is 5.65. The maximum atomic E-state index is 5.66. The second kappa shape index (κ2) is 3.73. The van der Waals surface area contributed by atoms with E-state index in [-0.39, 0.29) is 6.04 Å². The number of nitrogens with two attached hydrogens (primary N) is 2. The van der Waals surface area contributed by atoms with Gasteiger partial charge >= 0.3 is 0 Å². The molecule has 0 saturated carbocycles. The van der Waals surface area contributed by atoms with Crippen LogP contribution in [0.4, 0.5) is 0 Å². The Morgan fingerprint density at radius 3 is 2.67 bits per heavy atom. The van der Waals surface area contributed by atoms with Crippen molar-refractivity contribution in [1.82, 2.24) is 9.80 Å². The van der Waals surface area contributed by atoms with E-state index in [2.05, 4.69) is 21.9 Å². The first-order valence-electron chi connectivity index (χ1n) is 4.07. The number of likely N-dealkylation sites (N-methyl/N-ethyl adjacent to an activating group) is 2. The van der Waals surface area contributed by atoms with Gasteiger partial charge in [-0.25, -0.2) is 0 Å². The molecule has 0 aliphatic carbocycles. The van der Waals surface area contributed by atoms with Crippen molar-refractivity contribution in [3.05, 3.63) is 0 Å². The van der Waals surface area contributed by atoms with Gasteiger partial charge in [0.05, 0.1) is 6.04 Å². The first-order chi connectivity index (χ1) is 5.65. The summed E-state index contributed by atoms with van der Waals surface area (Å²) in [5, 5.41) is 3.52. The molecule has 0 amide bonds. The van der Waals surface area contributed by atoms with Crippen LogP contribution in [0.1, 0.15) is 0 Å². The van der Waals surface area contributed by atoms with Crippen molar-refractivity contribution in [2.45, 2.75) is 6.04 Å². The topological polar surface area (TPSA) is 70.9 Å². The van der Waals surface area contributed by atoms with Crippen LogP contribution in [-0.2, 0) is 0 Å². The van der Waals surface area contributed by atoms with E-state index >= 15 is 0 Å². The van der Waals surface area contributed by atoms with Crippen molar-refractivity contribution >= 4 is 5.84 Å². The number of rotatable bonds is 1. The Morgan fingerprint density at radius 1 is 1.42 bits per heavy atom. The summed E-state index contributed by atoms with van der Waals surface area (Å²) in [7, 11) is 4.11. The van der Waals surface area contributed by atoms with Crippen LogP contribution >= 0.6 is 0 Å². The number of hydrazone groups is 1. The van der Waals surface area contributed by atoms with E-state index in [9.17, 15) is 0 Å². The molecule has 70 valence electrons. The normalized spacial score (nSPS) is 29.2. The molecule has 5 heteroatoms. The highest BCUT2D eigenvalue weighted by Gasteiger charge is 2.24. The largest absolute Gasteiger partial charge is 0.384 e. The summed E-state index contributed by atoms with van der Waals surface area (Å²) in [6, 6.07) is 0.175. The zero-order valence-corrected chi connectivity index (χ0v) is 7.70. The van der Waals surface area contributed by atoms with Crippen molar-refractivity contribution in [3.8, 4) is 0 Å². The Balaban J connectivity index is 2.60. The van der Waals surface area contributed by atoms with Gasteiger partial charge in [0.1, 0.15) is 5.84 Å². The van der Waals surface area contributed by atoms with E-state index < -0.39 is 0 Å².